The van der Waals surface area contributed by atoms with Gasteiger partial charge in [0.25, 0.3) is 11.5 Å². The van der Waals surface area contributed by atoms with Crippen LogP contribution in [0.1, 0.15) is 68.4 Å². The predicted molar refractivity (Wildman–Crippen MR) is 116 cm³/mol. The maximum absolute atomic E-state index is 13.5. The van der Waals surface area contributed by atoms with Crippen molar-refractivity contribution in [3.8, 4) is 0 Å². The Bertz CT molecular complexity index is 1060. The van der Waals surface area contributed by atoms with E-state index in [4.69, 9.17) is 0 Å². The van der Waals surface area contributed by atoms with Gasteiger partial charge in [0.2, 0.25) is 0 Å². The fraction of sp³-hybridized carbons (Fsp3) is 0.636. The van der Waals surface area contributed by atoms with Crippen molar-refractivity contribution in [1.82, 2.24) is 24.3 Å². The molecule has 0 spiro atoms. The molecule has 2 aliphatic heterocycles. The molecule has 0 aromatic carbocycles. The third-order valence-corrected chi connectivity index (χ3v) is 6.35. The molecule has 2 aromatic rings. The summed E-state index contributed by atoms with van der Waals surface area (Å²) in [6.07, 6.45) is 4.13. The number of amides is 1. The monoisotopic (exact) mass is 413 g/mol. The molecule has 2 saturated heterocycles. The largest absolute Gasteiger partial charge is 0.337 e. The average molecular weight is 414 g/mol. The second-order valence-corrected chi connectivity index (χ2v) is 8.80. The van der Waals surface area contributed by atoms with Crippen molar-refractivity contribution in [2.24, 2.45) is 0 Å². The summed E-state index contributed by atoms with van der Waals surface area (Å²) < 4.78 is 1.48. The number of hydrogen-bond acceptors (Lipinski definition) is 5. The number of likely N-dealkylation sites (tertiary alicyclic amines) is 2. The Kier molecular flexibility index (Phi) is 5.77. The molecule has 8 heteroatoms. The Morgan fingerprint density at radius 3 is 2.63 bits per heavy atom. The van der Waals surface area contributed by atoms with Gasteiger partial charge in [-0.25, -0.2) is 9.78 Å². The molecule has 30 heavy (non-hydrogen) atoms. The van der Waals surface area contributed by atoms with E-state index in [1.165, 1.54) is 17.4 Å². The fourth-order valence-electron chi connectivity index (χ4n) is 4.69. The van der Waals surface area contributed by atoms with Gasteiger partial charge in [0, 0.05) is 31.4 Å². The van der Waals surface area contributed by atoms with Crippen molar-refractivity contribution in [3.63, 3.8) is 0 Å². The lowest BCUT2D eigenvalue weighted by Crippen LogP contribution is -2.38. The molecule has 0 aliphatic carbocycles. The molecular weight excluding hydrogens is 382 g/mol. The van der Waals surface area contributed by atoms with Gasteiger partial charge in [0.15, 0.2) is 5.65 Å². The lowest BCUT2D eigenvalue weighted by molar-refractivity contribution is 0.0781. The number of H-pyrrole nitrogens is 1. The smallest absolute Gasteiger partial charge is 0.329 e. The van der Waals surface area contributed by atoms with E-state index < -0.39 is 11.2 Å². The summed E-state index contributed by atoms with van der Waals surface area (Å²) in [6, 6.07) is 2.14. The number of hydrogen-bond donors (Lipinski definition) is 1. The Hall–Kier alpha value is -2.48. The van der Waals surface area contributed by atoms with Crippen molar-refractivity contribution in [2.45, 2.75) is 65.0 Å². The molecule has 4 rings (SSSR count). The van der Waals surface area contributed by atoms with Gasteiger partial charge in [-0.3, -0.25) is 24.0 Å². The van der Waals surface area contributed by atoms with Crippen molar-refractivity contribution in [2.75, 3.05) is 26.2 Å². The number of aromatic amines is 1. The highest BCUT2D eigenvalue weighted by molar-refractivity contribution is 6.05. The van der Waals surface area contributed by atoms with E-state index in [1.54, 1.807) is 6.07 Å². The van der Waals surface area contributed by atoms with E-state index in [0.29, 0.717) is 36.9 Å². The van der Waals surface area contributed by atoms with Gasteiger partial charge in [-0.2, -0.15) is 0 Å². The van der Waals surface area contributed by atoms with E-state index >= 15 is 0 Å². The lowest BCUT2D eigenvalue weighted by atomic mass is 10.0. The van der Waals surface area contributed by atoms with Crippen LogP contribution in [-0.4, -0.2) is 62.5 Å². The van der Waals surface area contributed by atoms with Crippen molar-refractivity contribution in [3.05, 3.63) is 38.2 Å². The summed E-state index contributed by atoms with van der Waals surface area (Å²) in [4.78, 5) is 50.1. The van der Waals surface area contributed by atoms with Crippen LogP contribution in [-0.2, 0) is 6.54 Å². The van der Waals surface area contributed by atoms with Crippen molar-refractivity contribution >= 4 is 16.9 Å². The molecule has 8 nitrogen and oxygen atoms in total. The summed E-state index contributed by atoms with van der Waals surface area (Å²) in [5, 5.41) is 0.224. The first-order valence-electron chi connectivity index (χ1n) is 11.1. The van der Waals surface area contributed by atoms with E-state index in [1.807, 2.05) is 25.7 Å². The molecule has 1 amide bonds. The molecule has 0 radical (unpaired) electrons. The van der Waals surface area contributed by atoms with Crippen LogP contribution in [0.4, 0.5) is 0 Å². The van der Waals surface area contributed by atoms with Gasteiger partial charge >= 0.3 is 5.69 Å². The zero-order valence-corrected chi connectivity index (χ0v) is 18.1. The first-order chi connectivity index (χ1) is 14.4. The summed E-state index contributed by atoms with van der Waals surface area (Å²) in [7, 11) is 0. The number of fused-ring (bicyclic) bond motifs is 1. The molecule has 4 heterocycles. The van der Waals surface area contributed by atoms with E-state index in [9.17, 15) is 14.4 Å². The third-order valence-electron chi connectivity index (χ3n) is 6.35. The summed E-state index contributed by atoms with van der Waals surface area (Å²) in [6.45, 7) is 9.98. The number of carbonyl (C=O) groups excluding carboxylic acids is 1. The zero-order valence-electron chi connectivity index (χ0n) is 18.1. The molecule has 1 unspecified atom stereocenters. The highest BCUT2D eigenvalue weighted by Crippen LogP contribution is 2.25. The minimum absolute atomic E-state index is 0.0707. The minimum atomic E-state index is -0.538. The molecule has 2 aromatic heterocycles. The van der Waals surface area contributed by atoms with Gasteiger partial charge in [-0.05, 0) is 50.8 Å². The highest BCUT2D eigenvalue weighted by atomic mass is 16.2. The van der Waals surface area contributed by atoms with Gasteiger partial charge in [0.1, 0.15) is 0 Å². The van der Waals surface area contributed by atoms with Gasteiger partial charge < -0.3 is 4.90 Å². The second kappa shape index (κ2) is 8.34. The van der Waals surface area contributed by atoms with Gasteiger partial charge in [-0.1, -0.05) is 20.8 Å². The first-order valence-corrected chi connectivity index (χ1v) is 11.1. The van der Waals surface area contributed by atoms with Crippen molar-refractivity contribution < 1.29 is 4.79 Å². The quantitative estimate of drug-likeness (QED) is 0.809. The van der Waals surface area contributed by atoms with E-state index in [2.05, 4.69) is 14.9 Å². The number of rotatable bonds is 5. The normalized spacial score (nSPS) is 20.0. The number of nitrogens with one attached hydrogen (secondary N) is 1. The molecule has 2 aliphatic rings. The van der Waals surface area contributed by atoms with Crippen LogP contribution in [0.3, 0.4) is 0 Å². The Morgan fingerprint density at radius 1 is 1.23 bits per heavy atom. The predicted octanol–water partition coefficient (Wildman–Crippen LogP) is 1.93. The molecule has 2 fully saturated rings. The molecule has 0 saturated carbocycles. The summed E-state index contributed by atoms with van der Waals surface area (Å²) in [5.41, 5.74) is 0.378. The van der Waals surface area contributed by atoms with Gasteiger partial charge in [0.05, 0.1) is 10.9 Å². The van der Waals surface area contributed by atoms with Crippen LogP contribution in [0, 0.1) is 0 Å². The molecule has 1 N–H and O–H groups in total. The maximum atomic E-state index is 13.5. The highest BCUT2D eigenvalue weighted by Gasteiger charge is 2.33. The molecule has 1 atom stereocenters. The number of carbonyl (C=O) groups is 1. The molecule has 0 bridgehead atoms. The van der Waals surface area contributed by atoms with E-state index in [-0.39, 0.29) is 17.2 Å². The van der Waals surface area contributed by atoms with Crippen LogP contribution in [0.25, 0.3) is 11.0 Å². The zero-order chi connectivity index (χ0) is 21.4. The Labute approximate surface area is 175 Å². The first kappa shape index (κ1) is 20.8. The maximum Gasteiger partial charge on any atom is 0.329 e. The van der Waals surface area contributed by atoms with Crippen LogP contribution in [0.5, 0.6) is 0 Å². The second-order valence-electron chi connectivity index (χ2n) is 8.80. The number of aromatic nitrogens is 3. The summed E-state index contributed by atoms with van der Waals surface area (Å²) >= 11 is 0. The number of aryl methyl sites for hydroxylation is 1. The SMILES string of the molecule is CCCn1c(=O)[nH]c(=O)c2c(C(=O)N3CCC(N4CCCC4)C3)cc(C(C)C)nc21. The Morgan fingerprint density at radius 2 is 1.97 bits per heavy atom. The summed E-state index contributed by atoms with van der Waals surface area (Å²) in [5.74, 6) is -0.0699. The standard InChI is InChI=1S/C22H31N5O3/c1-4-8-27-19-18(20(28)24-22(27)30)16(12-17(23-19)14(2)3)21(29)26-11-7-15(13-26)25-9-5-6-10-25/h12,14-15H,4-11,13H2,1-3H3,(H,24,28,30). The van der Waals surface area contributed by atoms with Crippen molar-refractivity contribution in [1.29, 1.82) is 0 Å². The number of nitrogens with zero attached hydrogens (tertiary/aromatic N) is 4. The van der Waals surface area contributed by atoms with Crippen LogP contribution in [0.2, 0.25) is 0 Å². The van der Waals surface area contributed by atoms with E-state index in [0.717, 1.165) is 31.6 Å². The Balaban J connectivity index is 1.79. The molecule has 162 valence electrons. The van der Waals surface area contributed by atoms with Crippen LogP contribution >= 0.6 is 0 Å². The average Bonchev–Trinajstić information content (AvgIpc) is 3.41. The molecular formula is C22H31N5O3. The fourth-order valence-corrected chi connectivity index (χ4v) is 4.69. The minimum Gasteiger partial charge on any atom is -0.337 e. The van der Waals surface area contributed by atoms with Crippen LogP contribution < -0.4 is 11.2 Å². The third kappa shape index (κ3) is 3.69. The number of pyridine rings is 1. The lowest BCUT2D eigenvalue weighted by Gasteiger charge is -2.24. The van der Waals surface area contributed by atoms with Crippen LogP contribution in [0.15, 0.2) is 15.7 Å². The topological polar surface area (TPSA) is 91.3 Å². The van der Waals surface area contributed by atoms with Gasteiger partial charge in [-0.15, -0.1) is 0 Å².